The van der Waals surface area contributed by atoms with Crippen molar-refractivity contribution in [3.8, 4) is 0 Å². The van der Waals surface area contributed by atoms with Crippen molar-refractivity contribution in [3.05, 3.63) is 30.3 Å². The average Bonchev–Trinajstić information content (AvgIpc) is 2.37. The van der Waals surface area contributed by atoms with Crippen LogP contribution < -0.4 is 16.6 Å². The normalized spacial score (nSPS) is 14.0. The summed E-state index contributed by atoms with van der Waals surface area (Å²) >= 11 is 5.49. The second-order valence-electron chi connectivity index (χ2n) is 3.26. The standard InChI is InChI=1S/C10H14ClN2O3P/c11-6-7-16-17(15,8-10(14)13-12)9-4-2-1-3-5-9/h1-5H,6-8,12H2,(H,13,14). The minimum Gasteiger partial charge on any atom is -0.324 e. The number of carbonyl (C=O) groups excluding carboxylic acids is 1. The molecule has 1 aromatic rings. The molecule has 0 saturated carbocycles. The number of hydrazine groups is 1. The predicted octanol–water partition coefficient (Wildman–Crippen LogP) is 0.835. The lowest BCUT2D eigenvalue weighted by Gasteiger charge is -2.17. The molecule has 0 aliphatic carbocycles. The van der Waals surface area contributed by atoms with Crippen molar-refractivity contribution < 1.29 is 13.9 Å². The molecule has 0 saturated heterocycles. The van der Waals surface area contributed by atoms with Gasteiger partial charge >= 0.3 is 0 Å². The van der Waals surface area contributed by atoms with Crippen LogP contribution in [0.15, 0.2) is 30.3 Å². The van der Waals surface area contributed by atoms with Crippen molar-refractivity contribution in [2.45, 2.75) is 0 Å². The number of alkyl halides is 1. The molecule has 5 nitrogen and oxygen atoms in total. The number of nitrogens with two attached hydrogens (primary N) is 1. The Morgan fingerprint density at radius 3 is 2.59 bits per heavy atom. The van der Waals surface area contributed by atoms with E-state index in [0.29, 0.717) is 5.30 Å². The Hall–Kier alpha value is -0.870. The Bertz CT molecular complexity index is 413. The van der Waals surface area contributed by atoms with E-state index in [1.165, 1.54) is 0 Å². The van der Waals surface area contributed by atoms with Crippen LogP contribution in [0.2, 0.25) is 0 Å². The number of hydrogen-bond donors (Lipinski definition) is 2. The molecule has 0 bridgehead atoms. The Morgan fingerprint density at radius 1 is 1.41 bits per heavy atom. The zero-order chi connectivity index (χ0) is 12.7. The number of hydrogen-bond acceptors (Lipinski definition) is 4. The van der Waals surface area contributed by atoms with Crippen LogP contribution in [0.25, 0.3) is 0 Å². The number of amides is 1. The fraction of sp³-hybridized carbons (Fsp3) is 0.300. The van der Waals surface area contributed by atoms with E-state index in [0.717, 1.165) is 0 Å². The van der Waals surface area contributed by atoms with Gasteiger partial charge in [0.1, 0.15) is 6.16 Å². The van der Waals surface area contributed by atoms with Crippen molar-refractivity contribution in [1.29, 1.82) is 0 Å². The first-order valence-electron chi connectivity index (χ1n) is 4.97. The van der Waals surface area contributed by atoms with Crippen LogP contribution in [0.1, 0.15) is 0 Å². The SMILES string of the molecule is NNC(=O)CP(=O)(OCCCl)c1ccccc1. The van der Waals surface area contributed by atoms with Crippen LogP contribution in [0, 0.1) is 0 Å². The van der Waals surface area contributed by atoms with E-state index < -0.39 is 13.3 Å². The van der Waals surface area contributed by atoms with E-state index in [9.17, 15) is 9.36 Å². The molecule has 94 valence electrons. The summed E-state index contributed by atoms with van der Waals surface area (Å²) in [6, 6.07) is 8.55. The summed E-state index contributed by atoms with van der Waals surface area (Å²) in [5.41, 5.74) is 1.94. The summed E-state index contributed by atoms with van der Waals surface area (Å²) in [5.74, 6) is 4.66. The second-order valence-corrected chi connectivity index (χ2v) is 6.07. The largest absolute Gasteiger partial charge is 0.324 e. The van der Waals surface area contributed by atoms with E-state index in [-0.39, 0.29) is 18.6 Å². The summed E-state index contributed by atoms with van der Waals surface area (Å²) in [7, 11) is -3.24. The number of benzene rings is 1. The minimum absolute atomic E-state index is 0.117. The van der Waals surface area contributed by atoms with Gasteiger partial charge < -0.3 is 4.52 Å². The van der Waals surface area contributed by atoms with Gasteiger partial charge in [-0.3, -0.25) is 14.8 Å². The van der Waals surface area contributed by atoms with Crippen LogP contribution in [0.5, 0.6) is 0 Å². The molecule has 0 radical (unpaired) electrons. The number of carbonyl (C=O) groups is 1. The molecule has 1 aromatic carbocycles. The van der Waals surface area contributed by atoms with Crippen LogP contribution in [-0.4, -0.2) is 24.6 Å². The lowest BCUT2D eigenvalue weighted by Crippen LogP contribution is -2.34. The van der Waals surface area contributed by atoms with Crippen molar-refractivity contribution in [2.75, 3.05) is 18.6 Å². The van der Waals surface area contributed by atoms with Crippen LogP contribution in [0.3, 0.4) is 0 Å². The number of nitrogens with one attached hydrogen (secondary N) is 1. The van der Waals surface area contributed by atoms with Gasteiger partial charge in [-0.05, 0) is 12.1 Å². The first-order chi connectivity index (χ1) is 8.12. The van der Waals surface area contributed by atoms with E-state index >= 15 is 0 Å². The first-order valence-corrected chi connectivity index (χ1v) is 7.31. The smallest absolute Gasteiger partial charge is 0.243 e. The van der Waals surface area contributed by atoms with Gasteiger partial charge in [0.15, 0.2) is 0 Å². The molecule has 17 heavy (non-hydrogen) atoms. The molecule has 1 rings (SSSR count). The molecule has 1 unspecified atom stereocenters. The fourth-order valence-electron chi connectivity index (χ4n) is 1.28. The van der Waals surface area contributed by atoms with Crippen molar-refractivity contribution in [3.63, 3.8) is 0 Å². The predicted molar refractivity (Wildman–Crippen MR) is 67.6 cm³/mol. The second kappa shape index (κ2) is 6.77. The Morgan fingerprint density at radius 2 is 2.06 bits per heavy atom. The van der Waals surface area contributed by atoms with Crippen molar-refractivity contribution in [1.82, 2.24) is 5.43 Å². The van der Waals surface area contributed by atoms with E-state index in [2.05, 4.69) is 0 Å². The summed E-state index contributed by atoms with van der Waals surface area (Å²) in [4.78, 5) is 11.2. The van der Waals surface area contributed by atoms with E-state index in [1.54, 1.807) is 30.3 Å². The molecule has 3 N–H and O–H groups in total. The minimum atomic E-state index is -3.24. The van der Waals surface area contributed by atoms with Crippen LogP contribution in [0.4, 0.5) is 0 Å². The van der Waals surface area contributed by atoms with Crippen molar-refractivity contribution >= 4 is 30.2 Å². The number of halogens is 1. The van der Waals surface area contributed by atoms with Gasteiger partial charge in [0.25, 0.3) is 0 Å². The third kappa shape index (κ3) is 4.13. The zero-order valence-corrected chi connectivity index (χ0v) is 10.8. The Labute approximate surface area is 105 Å². The summed E-state index contributed by atoms with van der Waals surface area (Å²) in [6.45, 7) is 0.117. The highest BCUT2D eigenvalue weighted by molar-refractivity contribution is 7.67. The quantitative estimate of drug-likeness (QED) is 0.265. The Kier molecular flexibility index (Phi) is 5.65. The molecule has 0 heterocycles. The van der Waals surface area contributed by atoms with Gasteiger partial charge in [-0.1, -0.05) is 18.2 Å². The third-order valence-corrected chi connectivity index (χ3v) is 4.58. The van der Waals surface area contributed by atoms with Gasteiger partial charge in [0.05, 0.1) is 6.61 Å². The third-order valence-electron chi connectivity index (χ3n) is 2.04. The molecule has 7 heteroatoms. The highest BCUT2D eigenvalue weighted by Crippen LogP contribution is 2.45. The maximum absolute atomic E-state index is 12.5. The van der Waals surface area contributed by atoms with Gasteiger partial charge in [0, 0.05) is 11.2 Å². The maximum atomic E-state index is 12.5. The topological polar surface area (TPSA) is 81.4 Å². The molecule has 0 aliphatic heterocycles. The molecule has 0 aliphatic rings. The molecule has 0 fully saturated rings. The van der Waals surface area contributed by atoms with Gasteiger partial charge in [-0.25, -0.2) is 5.84 Å². The van der Waals surface area contributed by atoms with Crippen molar-refractivity contribution in [2.24, 2.45) is 5.84 Å². The van der Waals surface area contributed by atoms with Crippen LogP contribution >= 0.6 is 19.0 Å². The van der Waals surface area contributed by atoms with Gasteiger partial charge in [-0.2, -0.15) is 0 Å². The molecule has 0 spiro atoms. The van der Waals surface area contributed by atoms with E-state index in [1.807, 2.05) is 5.43 Å². The molecule has 0 aromatic heterocycles. The monoisotopic (exact) mass is 276 g/mol. The summed E-state index contributed by atoms with van der Waals surface area (Å²) < 4.78 is 17.8. The van der Waals surface area contributed by atoms with Gasteiger partial charge in [0.2, 0.25) is 13.3 Å². The van der Waals surface area contributed by atoms with Crippen LogP contribution in [-0.2, 0) is 13.9 Å². The molecular weight excluding hydrogens is 263 g/mol. The summed E-state index contributed by atoms with van der Waals surface area (Å²) in [6.07, 6.45) is -0.287. The highest BCUT2D eigenvalue weighted by atomic mass is 35.5. The van der Waals surface area contributed by atoms with E-state index in [4.69, 9.17) is 22.0 Å². The average molecular weight is 277 g/mol. The maximum Gasteiger partial charge on any atom is 0.243 e. The number of rotatable bonds is 6. The lowest BCUT2D eigenvalue weighted by molar-refractivity contribution is -0.118. The summed E-state index contributed by atoms with van der Waals surface area (Å²) in [5, 5.41) is 0.480. The first kappa shape index (κ1) is 14.2. The Balaban J connectivity index is 2.94. The lowest BCUT2D eigenvalue weighted by atomic mass is 10.4. The highest BCUT2D eigenvalue weighted by Gasteiger charge is 2.28. The molecule has 1 atom stereocenters. The molecule has 1 amide bonds. The fourth-order valence-corrected chi connectivity index (χ4v) is 3.37. The zero-order valence-electron chi connectivity index (χ0n) is 9.14. The molecular formula is C10H14ClN2O3P. The van der Waals surface area contributed by atoms with Gasteiger partial charge in [-0.15, -0.1) is 11.6 Å².